The standard InChI is InChI=1S/C12H22O/c1-2-9(8-13)5-12-7-10-3-4-11(12)6-10/h9-13H,2-8H2,1H3. The maximum Gasteiger partial charge on any atom is 0.0459 e. The number of fused-ring (bicyclic) bond motifs is 2. The summed E-state index contributed by atoms with van der Waals surface area (Å²) in [6.07, 6.45) is 8.42. The van der Waals surface area contributed by atoms with E-state index in [1.165, 1.54) is 32.1 Å². The van der Waals surface area contributed by atoms with Crippen LogP contribution in [0.25, 0.3) is 0 Å². The van der Waals surface area contributed by atoms with Crippen molar-refractivity contribution in [2.75, 3.05) is 6.61 Å². The van der Waals surface area contributed by atoms with Crippen molar-refractivity contribution in [3.63, 3.8) is 0 Å². The first kappa shape index (κ1) is 9.51. The van der Waals surface area contributed by atoms with Crippen LogP contribution in [0.2, 0.25) is 0 Å². The third kappa shape index (κ3) is 1.90. The van der Waals surface area contributed by atoms with Gasteiger partial charge >= 0.3 is 0 Å². The second kappa shape index (κ2) is 4.00. The molecular formula is C12H22O. The molecule has 0 aromatic heterocycles. The summed E-state index contributed by atoms with van der Waals surface area (Å²) >= 11 is 0. The smallest absolute Gasteiger partial charge is 0.0459 e. The number of aliphatic hydroxyl groups excluding tert-OH is 1. The maximum atomic E-state index is 9.16. The minimum atomic E-state index is 0.407. The minimum absolute atomic E-state index is 0.407. The molecule has 0 amide bonds. The Morgan fingerprint density at radius 1 is 1.31 bits per heavy atom. The van der Waals surface area contributed by atoms with Crippen LogP contribution in [0.15, 0.2) is 0 Å². The van der Waals surface area contributed by atoms with E-state index in [0.29, 0.717) is 12.5 Å². The van der Waals surface area contributed by atoms with Gasteiger partial charge in [0, 0.05) is 6.61 Å². The largest absolute Gasteiger partial charge is 0.396 e. The van der Waals surface area contributed by atoms with Gasteiger partial charge in [0.1, 0.15) is 0 Å². The van der Waals surface area contributed by atoms with E-state index in [0.717, 1.165) is 24.2 Å². The molecule has 0 heterocycles. The van der Waals surface area contributed by atoms with Crippen LogP contribution in [0, 0.1) is 23.7 Å². The van der Waals surface area contributed by atoms with Gasteiger partial charge in [0.05, 0.1) is 0 Å². The molecule has 0 aromatic carbocycles. The molecule has 1 N–H and O–H groups in total. The lowest BCUT2D eigenvalue weighted by Crippen LogP contribution is -2.17. The van der Waals surface area contributed by atoms with Crippen molar-refractivity contribution in [3.8, 4) is 0 Å². The summed E-state index contributed by atoms with van der Waals surface area (Å²) in [6, 6.07) is 0. The highest BCUT2D eigenvalue weighted by Crippen LogP contribution is 2.50. The molecule has 13 heavy (non-hydrogen) atoms. The molecule has 2 saturated carbocycles. The zero-order valence-electron chi connectivity index (χ0n) is 8.71. The number of rotatable bonds is 4. The summed E-state index contributed by atoms with van der Waals surface area (Å²) < 4.78 is 0. The molecule has 4 unspecified atom stereocenters. The van der Waals surface area contributed by atoms with Crippen molar-refractivity contribution in [2.24, 2.45) is 23.7 Å². The summed E-state index contributed by atoms with van der Waals surface area (Å²) in [7, 11) is 0. The lowest BCUT2D eigenvalue weighted by atomic mass is 9.82. The zero-order valence-corrected chi connectivity index (χ0v) is 8.71. The van der Waals surface area contributed by atoms with E-state index < -0.39 is 0 Å². The van der Waals surface area contributed by atoms with Crippen LogP contribution in [0.3, 0.4) is 0 Å². The van der Waals surface area contributed by atoms with Crippen molar-refractivity contribution in [1.82, 2.24) is 0 Å². The second-order valence-corrected chi connectivity index (χ2v) is 5.13. The number of hydrogen-bond acceptors (Lipinski definition) is 1. The molecule has 0 radical (unpaired) electrons. The number of hydrogen-bond donors (Lipinski definition) is 1. The van der Waals surface area contributed by atoms with Gasteiger partial charge in [0.25, 0.3) is 0 Å². The first-order valence-electron chi connectivity index (χ1n) is 5.94. The van der Waals surface area contributed by atoms with Gasteiger partial charge in [-0.25, -0.2) is 0 Å². The van der Waals surface area contributed by atoms with Crippen LogP contribution < -0.4 is 0 Å². The zero-order chi connectivity index (χ0) is 9.26. The average molecular weight is 182 g/mol. The van der Waals surface area contributed by atoms with Gasteiger partial charge in [-0.2, -0.15) is 0 Å². The van der Waals surface area contributed by atoms with Crippen LogP contribution in [0.1, 0.15) is 45.4 Å². The lowest BCUT2D eigenvalue weighted by Gasteiger charge is -2.25. The molecule has 2 bridgehead atoms. The van der Waals surface area contributed by atoms with E-state index in [2.05, 4.69) is 6.92 Å². The Bertz CT molecular complexity index is 163. The predicted molar refractivity (Wildman–Crippen MR) is 54.4 cm³/mol. The first-order chi connectivity index (χ1) is 6.33. The van der Waals surface area contributed by atoms with Crippen molar-refractivity contribution in [1.29, 1.82) is 0 Å². The van der Waals surface area contributed by atoms with Crippen molar-refractivity contribution < 1.29 is 5.11 Å². The van der Waals surface area contributed by atoms with Crippen molar-refractivity contribution in [3.05, 3.63) is 0 Å². The van der Waals surface area contributed by atoms with Crippen LogP contribution in [0.4, 0.5) is 0 Å². The molecule has 0 aliphatic heterocycles. The molecule has 2 fully saturated rings. The molecule has 4 atom stereocenters. The van der Waals surface area contributed by atoms with Crippen LogP contribution >= 0.6 is 0 Å². The Morgan fingerprint density at radius 2 is 2.15 bits per heavy atom. The van der Waals surface area contributed by atoms with Crippen molar-refractivity contribution >= 4 is 0 Å². The quantitative estimate of drug-likeness (QED) is 0.709. The van der Waals surface area contributed by atoms with E-state index >= 15 is 0 Å². The Kier molecular flexibility index (Phi) is 2.92. The SMILES string of the molecule is CCC(CO)CC1CC2CCC1C2. The topological polar surface area (TPSA) is 20.2 Å². The fraction of sp³-hybridized carbons (Fsp3) is 1.00. The Morgan fingerprint density at radius 3 is 2.62 bits per heavy atom. The van der Waals surface area contributed by atoms with E-state index in [1.54, 1.807) is 0 Å². The van der Waals surface area contributed by atoms with Gasteiger partial charge in [-0.05, 0) is 49.4 Å². The molecule has 0 aromatic rings. The van der Waals surface area contributed by atoms with Crippen LogP contribution in [-0.4, -0.2) is 11.7 Å². The van der Waals surface area contributed by atoms with Gasteiger partial charge in [-0.3, -0.25) is 0 Å². The van der Waals surface area contributed by atoms with Gasteiger partial charge in [0.2, 0.25) is 0 Å². The third-order valence-corrected chi connectivity index (χ3v) is 4.36. The minimum Gasteiger partial charge on any atom is -0.396 e. The third-order valence-electron chi connectivity index (χ3n) is 4.36. The predicted octanol–water partition coefficient (Wildman–Crippen LogP) is 2.83. The highest BCUT2D eigenvalue weighted by Gasteiger charge is 2.39. The van der Waals surface area contributed by atoms with Gasteiger partial charge in [-0.15, -0.1) is 0 Å². The highest BCUT2D eigenvalue weighted by atomic mass is 16.3. The summed E-state index contributed by atoms with van der Waals surface area (Å²) in [5.41, 5.74) is 0. The molecule has 0 saturated heterocycles. The van der Waals surface area contributed by atoms with E-state index in [1.807, 2.05) is 0 Å². The Labute approximate surface area is 81.5 Å². The fourth-order valence-corrected chi connectivity index (χ4v) is 3.46. The molecular weight excluding hydrogens is 160 g/mol. The van der Waals surface area contributed by atoms with Crippen LogP contribution in [0.5, 0.6) is 0 Å². The highest BCUT2D eigenvalue weighted by molar-refractivity contribution is 4.90. The second-order valence-electron chi connectivity index (χ2n) is 5.13. The van der Waals surface area contributed by atoms with E-state index in [9.17, 15) is 0 Å². The lowest BCUT2D eigenvalue weighted by molar-refractivity contribution is 0.175. The monoisotopic (exact) mass is 182 g/mol. The molecule has 1 nitrogen and oxygen atoms in total. The Balaban J connectivity index is 1.82. The van der Waals surface area contributed by atoms with Gasteiger partial charge in [-0.1, -0.05) is 19.8 Å². The van der Waals surface area contributed by atoms with E-state index in [-0.39, 0.29) is 0 Å². The molecule has 0 spiro atoms. The summed E-state index contributed by atoms with van der Waals surface area (Å²) in [5.74, 6) is 3.65. The average Bonchev–Trinajstić information content (AvgIpc) is 2.75. The molecule has 2 rings (SSSR count). The van der Waals surface area contributed by atoms with Gasteiger partial charge < -0.3 is 5.11 Å². The maximum absolute atomic E-state index is 9.16. The van der Waals surface area contributed by atoms with E-state index in [4.69, 9.17) is 5.11 Å². The summed E-state index contributed by atoms with van der Waals surface area (Å²) in [5, 5.41) is 9.16. The number of aliphatic hydroxyl groups is 1. The molecule has 2 aliphatic rings. The summed E-state index contributed by atoms with van der Waals surface area (Å²) in [4.78, 5) is 0. The van der Waals surface area contributed by atoms with Crippen molar-refractivity contribution in [2.45, 2.75) is 45.4 Å². The van der Waals surface area contributed by atoms with Crippen LogP contribution in [-0.2, 0) is 0 Å². The molecule has 2 aliphatic carbocycles. The first-order valence-corrected chi connectivity index (χ1v) is 5.94. The fourth-order valence-electron chi connectivity index (χ4n) is 3.46. The van der Waals surface area contributed by atoms with Gasteiger partial charge in [0.15, 0.2) is 0 Å². The normalized spacial score (nSPS) is 39.7. The Hall–Kier alpha value is -0.0400. The molecule has 76 valence electrons. The molecule has 1 heteroatoms. The summed E-state index contributed by atoms with van der Waals surface area (Å²) in [6.45, 7) is 2.61.